The Hall–Kier alpha value is -0.680. The quantitative estimate of drug-likeness (QED) is 0.569. The van der Waals surface area contributed by atoms with Crippen molar-refractivity contribution in [2.75, 3.05) is 0 Å². The maximum absolute atomic E-state index is 10.3. The Labute approximate surface area is 81.8 Å². The van der Waals surface area contributed by atoms with Crippen LogP contribution < -0.4 is 0 Å². The third-order valence-electron chi connectivity index (χ3n) is 1.29. The fourth-order valence-electron chi connectivity index (χ4n) is 0.670. The van der Waals surface area contributed by atoms with Crippen LogP contribution in [0.1, 0.15) is 5.56 Å². The lowest BCUT2D eigenvalue weighted by Gasteiger charge is -1.98. The lowest BCUT2D eigenvalue weighted by atomic mass is 10.3. The number of pyridine rings is 1. The van der Waals surface area contributed by atoms with Crippen molar-refractivity contribution in [1.82, 2.24) is 4.98 Å². The third kappa shape index (κ3) is 1.56. The molecule has 12 heavy (non-hydrogen) atoms. The standard InChI is InChI=1S/C6H4BrClN2O2/c1-3-2-9-6(10(11)12)5(8)4(3)7/h2H,1H3. The fraction of sp³-hybridized carbons (Fsp3) is 0.167. The Kier molecular flexibility index (Phi) is 2.64. The Bertz CT molecular complexity index is 343. The summed E-state index contributed by atoms with van der Waals surface area (Å²) in [6, 6.07) is 0. The van der Waals surface area contributed by atoms with Crippen LogP contribution in [0, 0.1) is 17.0 Å². The van der Waals surface area contributed by atoms with Gasteiger partial charge in [-0.15, -0.1) is 0 Å². The summed E-state index contributed by atoms with van der Waals surface area (Å²) in [5, 5.41) is 10.4. The summed E-state index contributed by atoms with van der Waals surface area (Å²) in [4.78, 5) is 13.3. The topological polar surface area (TPSA) is 56.0 Å². The van der Waals surface area contributed by atoms with E-state index in [4.69, 9.17) is 11.6 Å². The minimum absolute atomic E-state index is 0.0417. The van der Waals surface area contributed by atoms with Crippen molar-refractivity contribution in [3.8, 4) is 0 Å². The molecule has 64 valence electrons. The first kappa shape index (κ1) is 9.41. The van der Waals surface area contributed by atoms with E-state index < -0.39 is 4.92 Å². The molecule has 0 fully saturated rings. The molecule has 0 aliphatic heterocycles. The van der Waals surface area contributed by atoms with Gasteiger partial charge in [0.15, 0.2) is 5.02 Å². The molecule has 6 heteroatoms. The molecule has 1 aromatic rings. The van der Waals surface area contributed by atoms with Crippen LogP contribution in [-0.2, 0) is 0 Å². The van der Waals surface area contributed by atoms with Crippen molar-refractivity contribution < 1.29 is 4.92 Å². The molecule has 0 bridgehead atoms. The maximum Gasteiger partial charge on any atom is 0.383 e. The SMILES string of the molecule is Cc1cnc([N+](=O)[O-])c(Cl)c1Br. The fourth-order valence-corrected chi connectivity index (χ4v) is 1.22. The Balaban J connectivity index is 3.36. The molecule has 0 unspecified atom stereocenters. The smallest absolute Gasteiger partial charge is 0.358 e. The van der Waals surface area contributed by atoms with Crippen molar-refractivity contribution in [3.63, 3.8) is 0 Å². The van der Waals surface area contributed by atoms with Gasteiger partial charge in [0, 0.05) is 5.56 Å². The van der Waals surface area contributed by atoms with Gasteiger partial charge in [-0.05, 0) is 32.8 Å². The molecule has 4 nitrogen and oxygen atoms in total. The molecule has 0 aliphatic rings. The first-order chi connectivity index (χ1) is 5.54. The van der Waals surface area contributed by atoms with Crippen LogP contribution in [0.15, 0.2) is 10.7 Å². The van der Waals surface area contributed by atoms with Gasteiger partial charge in [-0.25, -0.2) is 0 Å². The molecule has 0 radical (unpaired) electrons. The van der Waals surface area contributed by atoms with Crippen LogP contribution in [0.2, 0.25) is 5.02 Å². The van der Waals surface area contributed by atoms with Gasteiger partial charge in [-0.3, -0.25) is 0 Å². The molecule has 1 heterocycles. The van der Waals surface area contributed by atoms with Gasteiger partial charge >= 0.3 is 5.82 Å². The van der Waals surface area contributed by atoms with Gasteiger partial charge in [0.05, 0.1) is 4.47 Å². The lowest BCUT2D eigenvalue weighted by molar-refractivity contribution is -0.389. The van der Waals surface area contributed by atoms with Crippen LogP contribution >= 0.6 is 27.5 Å². The number of hydrogen-bond donors (Lipinski definition) is 0. The second-order valence-electron chi connectivity index (χ2n) is 2.15. The molecule has 0 atom stereocenters. The van der Waals surface area contributed by atoms with E-state index in [1.165, 1.54) is 6.20 Å². The van der Waals surface area contributed by atoms with E-state index in [2.05, 4.69) is 20.9 Å². The summed E-state index contributed by atoms with van der Waals surface area (Å²) in [6.45, 7) is 1.76. The Morgan fingerprint density at radius 1 is 1.75 bits per heavy atom. The molecular formula is C6H4BrClN2O2. The molecular weight excluding hydrogens is 247 g/mol. The van der Waals surface area contributed by atoms with Crippen molar-refractivity contribution in [2.24, 2.45) is 0 Å². The summed E-state index contributed by atoms with van der Waals surface area (Å²) < 4.78 is 0.519. The number of nitrogens with zero attached hydrogens (tertiary/aromatic N) is 2. The van der Waals surface area contributed by atoms with E-state index in [-0.39, 0.29) is 10.8 Å². The first-order valence-electron chi connectivity index (χ1n) is 2.99. The van der Waals surface area contributed by atoms with Gasteiger partial charge < -0.3 is 10.1 Å². The molecule has 0 saturated carbocycles. The maximum atomic E-state index is 10.3. The number of rotatable bonds is 1. The van der Waals surface area contributed by atoms with Crippen molar-refractivity contribution in [2.45, 2.75) is 6.92 Å². The first-order valence-corrected chi connectivity index (χ1v) is 4.16. The zero-order valence-corrected chi connectivity index (χ0v) is 8.39. The predicted molar refractivity (Wildman–Crippen MR) is 48.3 cm³/mol. The molecule has 1 rings (SSSR count). The Morgan fingerprint density at radius 2 is 2.33 bits per heavy atom. The summed E-state index contributed by atoms with van der Waals surface area (Å²) in [6.07, 6.45) is 1.40. The molecule has 0 spiro atoms. The van der Waals surface area contributed by atoms with E-state index in [1.807, 2.05) is 0 Å². The Morgan fingerprint density at radius 3 is 2.83 bits per heavy atom. The molecule has 0 saturated heterocycles. The van der Waals surface area contributed by atoms with Gasteiger partial charge in [0.2, 0.25) is 0 Å². The second kappa shape index (κ2) is 3.37. The van der Waals surface area contributed by atoms with Crippen LogP contribution in [0.4, 0.5) is 5.82 Å². The average molecular weight is 251 g/mol. The number of halogens is 2. The van der Waals surface area contributed by atoms with Crippen molar-refractivity contribution >= 4 is 33.3 Å². The molecule has 0 amide bonds. The molecule has 0 N–H and O–H groups in total. The predicted octanol–water partition coefficient (Wildman–Crippen LogP) is 2.71. The minimum atomic E-state index is -0.619. The zero-order chi connectivity index (χ0) is 9.30. The monoisotopic (exact) mass is 250 g/mol. The summed E-state index contributed by atoms with van der Waals surface area (Å²) >= 11 is 8.76. The number of hydrogen-bond acceptors (Lipinski definition) is 3. The second-order valence-corrected chi connectivity index (χ2v) is 3.32. The zero-order valence-electron chi connectivity index (χ0n) is 6.04. The number of aromatic nitrogens is 1. The highest BCUT2D eigenvalue weighted by Crippen LogP contribution is 2.31. The molecule has 0 aromatic carbocycles. The van der Waals surface area contributed by atoms with Crippen molar-refractivity contribution in [3.05, 3.63) is 31.4 Å². The summed E-state index contributed by atoms with van der Waals surface area (Å²) in [5.41, 5.74) is 0.769. The average Bonchev–Trinajstić information content (AvgIpc) is 2.00. The van der Waals surface area contributed by atoms with E-state index in [1.54, 1.807) is 6.92 Å². The van der Waals surface area contributed by atoms with Gasteiger partial charge in [-0.1, -0.05) is 11.6 Å². The lowest BCUT2D eigenvalue weighted by Crippen LogP contribution is -1.94. The van der Waals surface area contributed by atoms with Crippen LogP contribution in [-0.4, -0.2) is 9.91 Å². The van der Waals surface area contributed by atoms with Gasteiger partial charge in [0.1, 0.15) is 6.20 Å². The molecule has 1 aromatic heterocycles. The van der Waals surface area contributed by atoms with Crippen LogP contribution in [0.5, 0.6) is 0 Å². The minimum Gasteiger partial charge on any atom is -0.358 e. The van der Waals surface area contributed by atoms with E-state index >= 15 is 0 Å². The number of nitro groups is 1. The van der Waals surface area contributed by atoms with E-state index in [0.717, 1.165) is 5.56 Å². The van der Waals surface area contributed by atoms with E-state index in [0.29, 0.717) is 4.47 Å². The summed E-state index contributed by atoms with van der Waals surface area (Å²) in [5.74, 6) is -0.325. The summed E-state index contributed by atoms with van der Waals surface area (Å²) in [7, 11) is 0. The largest absolute Gasteiger partial charge is 0.383 e. The van der Waals surface area contributed by atoms with Gasteiger partial charge in [0.25, 0.3) is 0 Å². The highest BCUT2D eigenvalue weighted by molar-refractivity contribution is 9.10. The number of aryl methyl sites for hydroxylation is 1. The van der Waals surface area contributed by atoms with Gasteiger partial charge in [-0.2, -0.15) is 0 Å². The third-order valence-corrected chi connectivity index (χ3v) is 2.90. The normalized spacial score (nSPS) is 9.92. The highest BCUT2D eigenvalue weighted by Gasteiger charge is 2.17. The highest BCUT2D eigenvalue weighted by atomic mass is 79.9. The van der Waals surface area contributed by atoms with E-state index in [9.17, 15) is 10.1 Å². The van der Waals surface area contributed by atoms with Crippen molar-refractivity contribution in [1.29, 1.82) is 0 Å². The molecule has 0 aliphatic carbocycles. The van der Waals surface area contributed by atoms with Crippen LogP contribution in [0.3, 0.4) is 0 Å². The van der Waals surface area contributed by atoms with Crippen LogP contribution in [0.25, 0.3) is 0 Å².